The van der Waals surface area contributed by atoms with Crippen LogP contribution in [0.15, 0.2) is 70.3 Å². The number of pyridine rings is 2. The Morgan fingerprint density at radius 1 is 0.781 bits per heavy atom. The number of aromatic nitrogens is 2. The molecule has 32 heavy (non-hydrogen) atoms. The Labute approximate surface area is 183 Å². The van der Waals surface area contributed by atoms with Gasteiger partial charge in [-0.25, -0.2) is 9.59 Å². The van der Waals surface area contributed by atoms with Gasteiger partial charge in [-0.1, -0.05) is 43.8 Å². The number of fused-ring (bicyclic) bond motifs is 2. The number of esters is 1. The zero-order valence-electron chi connectivity index (χ0n) is 17.2. The van der Waals surface area contributed by atoms with Crippen molar-refractivity contribution in [3.63, 3.8) is 0 Å². The molecule has 166 valence electrons. The number of ether oxygens (including phenoxy) is 1. The van der Waals surface area contributed by atoms with Crippen LogP contribution >= 0.6 is 0 Å². The van der Waals surface area contributed by atoms with Crippen LogP contribution in [0.3, 0.4) is 0 Å². The number of benzene rings is 2. The standard InChI is InChI=1S/C12H11NO3.C11H9NO3.CH4/c1-13-10-6-4-3-5-8(10)9(7-11(13)14)12(15)16-2;1-12-9-5-3-2-4-7(9)8(11(14)15)6-10(12)13;/h3-7H,1-2H3;2-6H,1H3,(H,14,15);1H4. The number of carboxylic acid groups (broad SMARTS) is 1. The molecule has 1 N–H and O–H groups in total. The van der Waals surface area contributed by atoms with Gasteiger partial charge in [0.05, 0.1) is 29.3 Å². The number of carboxylic acids is 1. The van der Waals surface area contributed by atoms with Crippen LogP contribution in [0.25, 0.3) is 21.8 Å². The number of carbonyl (C=O) groups is 2. The molecule has 8 heteroatoms. The fourth-order valence-corrected chi connectivity index (χ4v) is 3.28. The Kier molecular flexibility index (Phi) is 7.33. The molecule has 4 rings (SSSR count). The molecule has 2 aromatic carbocycles. The van der Waals surface area contributed by atoms with Gasteiger partial charge < -0.3 is 19.0 Å². The number of aromatic carboxylic acids is 1. The Hall–Kier alpha value is -4.20. The lowest BCUT2D eigenvalue weighted by atomic mass is 10.1. The quantitative estimate of drug-likeness (QED) is 0.484. The van der Waals surface area contributed by atoms with E-state index in [0.717, 1.165) is 17.0 Å². The Balaban J connectivity index is 0.000000220. The zero-order chi connectivity index (χ0) is 22.7. The topological polar surface area (TPSA) is 108 Å². The first-order chi connectivity index (χ1) is 14.8. The van der Waals surface area contributed by atoms with E-state index in [9.17, 15) is 19.2 Å². The lowest BCUT2D eigenvalue weighted by molar-refractivity contribution is 0.0601. The summed E-state index contributed by atoms with van der Waals surface area (Å²) in [5, 5.41) is 10.2. The van der Waals surface area contributed by atoms with E-state index in [1.54, 1.807) is 50.5 Å². The van der Waals surface area contributed by atoms with Crippen molar-refractivity contribution in [2.45, 2.75) is 7.43 Å². The number of rotatable bonds is 2. The molecule has 0 fully saturated rings. The molecule has 2 heterocycles. The summed E-state index contributed by atoms with van der Waals surface area (Å²) >= 11 is 0. The van der Waals surface area contributed by atoms with Gasteiger partial charge in [-0.15, -0.1) is 0 Å². The first-order valence-electron chi connectivity index (χ1n) is 9.25. The maximum atomic E-state index is 11.6. The highest BCUT2D eigenvalue weighted by atomic mass is 16.5. The van der Waals surface area contributed by atoms with Gasteiger partial charge in [0.25, 0.3) is 11.1 Å². The van der Waals surface area contributed by atoms with E-state index >= 15 is 0 Å². The number of hydrogen-bond donors (Lipinski definition) is 1. The number of aryl methyl sites for hydroxylation is 2. The fraction of sp³-hybridized carbons (Fsp3) is 0.167. The first-order valence-corrected chi connectivity index (χ1v) is 9.25. The van der Waals surface area contributed by atoms with Crippen molar-refractivity contribution < 1.29 is 19.4 Å². The van der Waals surface area contributed by atoms with E-state index in [0.29, 0.717) is 16.5 Å². The summed E-state index contributed by atoms with van der Waals surface area (Å²) in [4.78, 5) is 45.5. The lowest BCUT2D eigenvalue weighted by Crippen LogP contribution is -2.19. The van der Waals surface area contributed by atoms with Crippen LogP contribution in [0.4, 0.5) is 0 Å². The highest BCUT2D eigenvalue weighted by Crippen LogP contribution is 2.17. The Bertz CT molecular complexity index is 1430. The van der Waals surface area contributed by atoms with E-state index in [-0.39, 0.29) is 24.1 Å². The minimum absolute atomic E-state index is 0. The molecule has 4 aromatic rings. The van der Waals surface area contributed by atoms with Crippen LogP contribution in [0.1, 0.15) is 28.1 Å². The second-order valence-corrected chi connectivity index (χ2v) is 6.74. The highest BCUT2D eigenvalue weighted by Gasteiger charge is 2.13. The first kappa shape index (κ1) is 24.1. The number of methoxy groups -OCH3 is 1. The summed E-state index contributed by atoms with van der Waals surface area (Å²) in [6.45, 7) is 0. The van der Waals surface area contributed by atoms with Gasteiger partial charge in [0.15, 0.2) is 0 Å². The average molecular weight is 436 g/mol. The molecule has 8 nitrogen and oxygen atoms in total. The van der Waals surface area contributed by atoms with E-state index in [4.69, 9.17) is 5.11 Å². The van der Waals surface area contributed by atoms with Crippen LogP contribution in [-0.2, 0) is 18.8 Å². The largest absolute Gasteiger partial charge is 0.478 e. The van der Waals surface area contributed by atoms with Crippen LogP contribution < -0.4 is 11.1 Å². The number of nitrogens with zero attached hydrogens (tertiary/aromatic N) is 2. The summed E-state index contributed by atoms with van der Waals surface area (Å²) in [6, 6.07) is 16.6. The van der Waals surface area contributed by atoms with Gasteiger partial charge in [0, 0.05) is 37.0 Å². The second-order valence-electron chi connectivity index (χ2n) is 6.74. The van der Waals surface area contributed by atoms with Crippen molar-refractivity contribution >= 4 is 33.7 Å². The zero-order valence-corrected chi connectivity index (χ0v) is 17.2. The monoisotopic (exact) mass is 436 g/mol. The van der Waals surface area contributed by atoms with Gasteiger partial charge in [-0.2, -0.15) is 0 Å². The minimum atomic E-state index is -1.08. The molecule has 0 aliphatic carbocycles. The third-order valence-corrected chi connectivity index (χ3v) is 4.94. The third-order valence-electron chi connectivity index (χ3n) is 4.94. The van der Waals surface area contributed by atoms with E-state index < -0.39 is 11.9 Å². The van der Waals surface area contributed by atoms with Crippen molar-refractivity contribution in [2.24, 2.45) is 14.1 Å². The summed E-state index contributed by atoms with van der Waals surface area (Å²) in [7, 11) is 4.59. The molecule has 0 saturated carbocycles. The van der Waals surface area contributed by atoms with Crippen molar-refractivity contribution in [1.82, 2.24) is 9.13 Å². The van der Waals surface area contributed by atoms with Crippen molar-refractivity contribution in [3.8, 4) is 0 Å². The van der Waals surface area contributed by atoms with Crippen molar-refractivity contribution in [3.05, 3.63) is 92.5 Å². The smallest absolute Gasteiger partial charge is 0.338 e. The van der Waals surface area contributed by atoms with Crippen LogP contribution in [0.2, 0.25) is 0 Å². The van der Waals surface area contributed by atoms with Crippen LogP contribution in [0, 0.1) is 0 Å². The molecule has 0 saturated heterocycles. The van der Waals surface area contributed by atoms with Crippen LogP contribution in [-0.4, -0.2) is 33.3 Å². The molecule has 2 aromatic heterocycles. The minimum Gasteiger partial charge on any atom is -0.478 e. The van der Waals surface area contributed by atoms with Gasteiger partial charge in [-0.05, 0) is 12.1 Å². The van der Waals surface area contributed by atoms with E-state index in [1.165, 1.54) is 22.3 Å². The molecule has 0 radical (unpaired) electrons. The van der Waals surface area contributed by atoms with Crippen molar-refractivity contribution in [1.29, 1.82) is 0 Å². The Morgan fingerprint density at radius 3 is 1.62 bits per heavy atom. The predicted octanol–water partition coefficient (Wildman–Crippen LogP) is 3.20. The normalized spacial score (nSPS) is 10.1. The molecule has 0 spiro atoms. The van der Waals surface area contributed by atoms with Gasteiger partial charge >= 0.3 is 11.9 Å². The average Bonchev–Trinajstić information content (AvgIpc) is 2.78. The Morgan fingerprint density at radius 2 is 1.19 bits per heavy atom. The van der Waals surface area contributed by atoms with Crippen molar-refractivity contribution in [2.75, 3.05) is 7.11 Å². The molecule has 0 aliphatic rings. The summed E-state index contributed by atoms with van der Waals surface area (Å²) in [6.07, 6.45) is 0. The second kappa shape index (κ2) is 9.74. The van der Waals surface area contributed by atoms with Gasteiger partial charge in [0.1, 0.15) is 0 Å². The maximum absolute atomic E-state index is 11.6. The van der Waals surface area contributed by atoms with E-state index in [1.807, 2.05) is 12.1 Å². The van der Waals surface area contributed by atoms with Crippen LogP contribution in [0.5, 0.6) is 0 Å². The SMILES string of the molecule is C.COC(=O)c1cc(=O)n(C)c2ccccc12.Cn1c(=O)cc(C(=O)O)c2ccccc21. The number of hydrogen-bond acceptors (Lipinski definition) is 5. The molecule has 0 atom stereocenters. The number of para-hydroxylation sites is 2. The lowest BCUT2D eigenvalue weighted by Gasteiger charge is -2.08. The molecular weight excluding hydrogens is 412 g/mol. The fourth-order valence-electron chi connectivity index (χ4n) is 3.28. The molecule has 0 aliphatic heterocycles. The van der Waals surface area contributed by atoms with E-state index in [2.05, 4.69) is 4.74 Å². The van der Waals surface area contributed by atoms with Gasteiger partial charge in [-0.3, -0.25) is 9.59 Å². The third kappa shape index (κ3) is 4.44. The summed E-state index contributed by atoms with van der Waals surface area (Å²) in [5.41, 5.74) is 1.16. The molecule has 0 unspecified atom stereocenters. The molecule has 0 amide bonds. The summed E-state index contributed by atoms with van der Waals surface area (Å²) in [5.74, 6) is -1.57. The molecular formula is C24H24N2O6. The highest BCUT2D eigenvalue weighted by molar-refractivity contribution is 6.03. The van der Waals surface area contributed by atoms with Gasteiger partial charge in [0.2, 0.25) is 0 Å². The molecule has 0 bridgehead atoms. The summed E-state index contributed by atoms with van der Waals surface area (Å²) < 4.78 is 7.59. The predicted molar refractivity (Wildman–Crippen MR) is 123 cm³/mol. The maximum Gasteiger partial charge on any atom is 0.338 e. The number of carbonyl (C=O) groups excluding carboxylic acids is 1.